The molecule has 3 heterocycles. The van der Waals surface area contributed by atoms with Crippen LogP contribution in [0, 0.1) is 0 Å². The minimum Gasteiger partial charge on any atom is -0.478 e. The number of thiophene rings is 1. The molecule has 0 bridgehead atoms. The van der Waals surface area contributed by atoms with Gasteiger partial charge in [-0.1, -0.05) is 24.0 Å². The number of benzene rings is 2. The molecule has 3 aromatic rings. The topological polar surface area (TPSA) is 110 Å². The van der Waals surface area contributed by atoms with Crippen LogP contribution in [0.4, 0.5) is 37.0 Å². The summed E-state index contributed by atoms with van der Waals surface area (Å²) in [5.41, 5.74) is -2.71. The summed E-state index contributed by atoms with van der Waals surface area (Å²) in [7, 11) is 0. The Bertz CT molecular complexity index is 1750. The van der Waals surface area contributed by atoms with Gasteiger partial charge in [0.2, 0.25) is 5.91 Å². The smallest absolute Gasteiger partial charge is 0.416 e. The van der Waals surface area contributed by atoms with Crippen LogP contribution < -0.4 is 10.2 Å². The summed E-state index contributed by atoms with van der Waals surface area (Å²) in [5, 5.41) is 22.0. The molecular weight excluding hydrogens is 705 g/mol. The summed E-state index contributed by atoms with van der Waals surface area (Å²) < 4.78 is 82.3. The van der Waals surface area contributed by atoms with Gasteiger partial charge in [-0.15, -0.1) is 11.3 Å². The zero-order chi connectivity index (χ0) is 35.0. The highest BCUT2D eigenvalue weighted by atomic mass is 32.2. The second kappa shape index (κ2) is 13.9. The lowest BCUT2D eigenvalue weighted by Crippen LogP contribution is -2.35. The van der Waals surface area contributed by atoms with E-state index in [4.69, 9.17) is 17.3 Å². The molecular formula is C31H25F6N3O5S3. The molecule has 2 aromatic carbocycles. The SMILES string of the molecule is O=C(CCN1C(=O)/C(=C/c2cc(-c3cc(C(F)(F)F)cc(C(F)(F)F)c3)c(N3CCC(O)CC3)s2)SC1=S)Nc1ccc(C(=O)O)cc1. The number of hydrogen-bond acceptors (Lipinski definition) is 8. The molecule has 0 saturated carbocycles. The molecule has 0 spiro atoms. The Hall–Kier alpha value is -3.93. The first-order chi connectivity index (χ1) is 22.5. The minimum atomic E-state index is -5.04. The highest BCUT2D eigenvalue weighted by Crippen LogP contribution is 2.45. The maximum Gasteiger partial charge on any atom is 0.416 e. The lowest BCUT2D eigenvalue weighted by Gasteiger charge is -2.31. The number of carbonyl (C=O) groups excluding carboxylic acids is 2. The Balaban J connectivity index is 1.40. The van der Waals surface area contributed by atoms with Crippen molar-refractivity contribution in [2.45, 2.75) is 37.7 Å². The van der Waals surface area contributed by atoms with Gasteiger partial charge in [0, 0.05) is 42.2 Å². The van der Waals surface area contributed by atoms with Crippen molar-refractivity contribution in [1.82, 2.24) is 4.90 Å². The number of hydrogen-bond donors (Lipinski definition) is 3. The number of thioether (sulfide) groups is 1. The monoisotopic (exact) mass is 729 g/mol. The van der Waals surface area contributed by atoms with Crippen LogP contribution in [-0.4, -0.2) is 63.0 Å². The number of nitrogens with one attached hydrogen (secondary N) is 1. The average Bonchev–Trinajstić information content (AvgIpc) is 3.55. The molecule has 0 unspecified atom stereocenters. The van der Waals surface area contributed by atoms with Crippen LogP contribution in [0.2, 0.25) is 0 Å². The van der Waals surface area contributed by atoms with E-state index in [0.717, 1.165) is 23.1 Å². The number of rotatable bonds is 8. The third-order valence-corrected chi connectivity index (χ3v) is 10.0. The van der Waals surface area contributed by atoms with Gasteiger partial charge in [-0.2, -0.15) is 26.3 Å². The van der Waals surface area contributed by atoms with E-state index < -0.39 is 47.4 Å². The molecule has 0 aliphatic carbocycles. The van der Waals surface area contributed by atoms with Crippen LogP contribution >= 0.6 is 35.3 Å². The van der Waals surface area contributed by atoms with E-state index in [9.17, 15) is 45.8 Å². The molecule has 48 heavy (non-hydrogen) atoms. The van der Waals surface area contributed by atoms with Crippen molar-refractivity contribution in [1.29, 1.82) is 0 Å². The molecule has 5 rings (SSSR count). The largest absolute Gasteiger partial charge is 0.478 e. The van der Waals surface area contributed by atoms with Gasteiger partial charge in [0.25, 0.3) is 5.91 Å². The van der Waals surface area contributed by atoms with Crippen molar-refractivity contribution < 1.29 is 50.9 Å². The number of alkyl halides is 6. The Morgan fingerprint density at radius 3 is 2.15 bits per heavy atom. The zero-order valence-electron chi connectivity index (χ0n) is 24.5. The van der Waals surface area contributed by atoms with Gasteiger partial charge in [-0.05, 0) is 73.0 Å². The fourth-order valence-corrected chi connectivity index (χ4v) is 7.60. The predicted octanol–water partition coefficient (Wildman–Crippen LogP) is 7.34. The summed E-state index contributed by atoms with van der Waals surface area (Å²) in [5.74, 6) is -2.11. The van der Waals surface area contributed by atoms with Crippen molar-refractivity contribution in [3.05, 3.63) is 75.0 Å². The fourth-order valence-electron chi connectivity index (χ4n) is 5.05. The van der Waals surface area contributed by atoms with Crippen LogP contribution in [0.3, 0.4) is 0 Å². The number of anilines is 2. The number of thiocarbonyl (C=S) groups is 1. The van der Waals surface area contributed by atoms with Gasteiger partial charge in [0.05, 0.1) is 32.7 Å². The zero-order valence-corrected chi connectivity index (χ0v) is 27.0. The van der Waals surface area contributed by atoms with E-state index in [0.29, 0.717) is 53.6 Å². The van der Waals surface area contributed by atoms with Crippen molar-refractivity contribution >= 4 is 74.2 Å². The Kier molecular flexibility index (Phi) is 10.2. The van der Waals surface area contributed by atoms with E-state index in [-0.39, 0.29) is 44.9 Å². The second-order valence-electron chi connectivity index (χ2n) is 10.9. The lowest BCUT2D eigenvalue weighted by atomic mass is 9.99. The first-order valence-corrected chi connectivity index (χ1v) is 16.3. The third-order valence-electron chi connectivity index (χ3n) is 7.51. The van der Waals surface area contributed by atoms with Crippen molar-refractivity contribution in [3.63, 3.8) is 0 Å². The number of halogens is 6. The molecule has 1 aromatic heterocycles. The number of aliphatic hydroxyl groups excluding tert-OH is 1. The molecule has 0 radical (unpaired) electrons. The van der Waals surface area contributed by atoms with Crippen LogP contribution in [-0.2, 0) is 21.9 Å². The van der Waals surface area contributed by atoms with Crippen molar-refractivity contribution in [2.75, 3.05) is 29.9 Å². The first kappa shape index (κ1) is 35.4. The van der Waals surface area contributed by atoms with Crippen molar-refractivity contribution in [2.24, 2.45) is 0 Å². The second-order valence-corrected chi connectivity index (χ2v) is 13.6. The van der Waals surface area contributed by atoms with E-state index >= 15 is 0 Å². The Morgan fingerprint density at radius 1 is 0.979 bits per heavy atom. The number of nitrogens with zero attached hydrogens (tertiary/aromatic N) is 2. The normalized spacial score (nSPS) is 17.0. The summed E-state index contributed by atoms with van der Waals surface area (Å²) in [6.45, 7) is 0.544. The molecule has 2 fully saturated rings. The summed E-state index contributed by atoms with van der Waals surface area (Å²) in [6, 6.07) is 8.30. The maximum absolute atomic E-state index is 13.7. The van der Waals surface area contributed by atoms with E-state index in [2.05, 4.69) is 5.32 Å². The van der Waals surface area contributed by atoms with Gasteiger partial charge in [-0.3, -0.25) is 14.5 Å². The molecule has 17 heteroatoms. The highest BCUT2D eigenvalue weighted by molar-refractivity contribution is 8.26. The summed E-state index contributed by atoms with van der Waals surface area (Å²) in [4.78, 5) is 40.3. The fraction of sp³-hybridized carbons (Fsp3) is 0.290. The number of carboxylic acids is 1. The van der Waals surface area contributed by atoms with Crippen LogP contribution in [0.1, 0.15) is 45.6 Å². The molecule has 2 amide bonds. The van der Waals surface area contributed by atoms with Crippen LogP contribution in [0.5, 0.6) is 0 Å². The summed E-state index contributed by atoms with van der Waals surface area (Å²) in [6.07, 6.45) is -8.66. The van der Waals surface area contributed by atoms with Crippen LogP contribution in [0.25, 0.3) is 17.2 Å². The molecule has 2 aliphatic rings. The van der Waals surface area contributed by atoms with Crippen LogP contribution in [0.15, 0.2) is 53.4 Å². The Labute approximate surface area is 283 Å². The van der Waals surface area contributed by atoms with Gasteiger partial charge < -0.3 is 20.4 Å². The molecule has 2 saturated heterocycles. The van der Waals surface area contributed by atoms with E-state index in [1.54, 1.807) is 4.90 Å². The number of aliphatic hydroxyl groups is 1. The lowest BCUT2D eigenvalue weighted by molar-refractivity contribution is -0.143. The molecule has 3 N–H and O–H groups in total. The summed E-state index contributed by atoms with van der Waals surface area (Å²) >= 11 is 7.37. The highest BCUT2D eigenvalue weighted by Gasteiger charge is 2.38. The number of piperidine rings is 1. The standard InChI is InChI=1S/C31H25F6N3O5S3/c32-30(33,34)18-11-17(12-19(13-18)31(35,36)37)23-14-22(47-27(23)39-8-5-21(41)6-9-39)15-24-26(43)40(29(46)48-24)10-7-25(42)38-20-3-1-16(2-4-20)28(44)45/h1-4,11-15,21,41H,5-10H2,(H,38,42)(H,44,45)/b24-15-. The van der Waals surface area contributed by atoms with E-state index in [1.807, 2.05) is 0 Å². The molecule has 2 aliphatic heterocycles. The third kappa shape index (κ3) is 8.19. The number of carbonyl (C=O) groups is 3. The quantitative estimate of drug-likeness (QED) is 0.126. The molecule has 8 nitrogen and oxygen atoms in total. The minimum absolute atomic E-state index is 0.0398. The first-order valence-electron chi connectivity index (χ1n) is 14.2. The van der Waals surface area contributed by atoms with Gasteiger partial charge in [-0.25, -0.2) is 4.79 Å². The van der Waals surface area contributed by atoms with Gasteiger partial charge in [0.15, 0.2) is 0 Å². The van der Waals surface area contributed by atoms with Gasteiger partial charge >= 0.3 is 18.3 Å². The molecule has 0 atom stereocenters. The Morgan fingerprint density at radius 2 is 1.58 bits per heavy atom. The van der Waals surface area contributed by atoms with Crippen molar-refractivity contribution in [3.8, 4) is 11.1 Å². The number of aromatic carboxylic acids is 1. The maximum atomic E-state index is 13.7. The van der Waals surface area contributed by atoms with Gasteiger partial charge in [0.1, 0.15) is 4.32 Å². The average molecular weight is 730 g/mol. The number of carboxylic acid groups (broad SMARTS) is 1. The van der Waals surface area contributed by atoms with E-state index in [1.165, 1.54) is 41.3 Å². The predicted molar refractivity (Wildman–Crippen MR) is 174 cm³/mol. The number of amides is 2. The molecule has 254 valence electrons.